The van der Waals surface area contributed by atoms with Crippen molar-refractivity contribution >= 4 is 17.7 Å². The Balaban J connectivity index is 3.31. The molecular weight excluding hydrogens is 345 g/mol. The van der Waals surface area contributed by atoms with Crippen LogP contribution in [0, 0.1) is 11.3 Å². The standard InChI is InChI=1S/C13H10F5NO3S/c1-2-21-11(20)4-7-3-8(22-12(14)15)5-10(9(7)6-19)23-13(16,17)18/h3,5,12H,2,4H2,1H3. The van der Waals surface area contributed by atoms with E-state index in [0.717, 1.165) is 6.07 Å². The van der Waals surface area contributed by atoms with Crippen molar-refractivity contribution in [1.82, 2.24) is 0 Å². The van der Waals surface area contributed by atoms with Crippen molar-refractivity contribution in [3.05, 3.63) is 23.3 Å². The number of benzene rings is 1. The molecule has 126 valence electrons. The number of carbonyl (C=O) groups is 1. The number of halogens is 5. The molecule has 0 radical (unpaired) electrons. The van der Waals surface area contributed by atoms with Crippen LogP contribution in [0.2, 0.25) is 0 Å². The fourth-order valence-electron chi connectivity index (χ4n) is 1.66. The molecule has 0 N–H and O–H groups in total. The third kappa shape index (κ3) is 6.32. The summed E-state index contributed by atoms with van der Waals surface area (Å²) in [5.41, 5.74) is -5.37. The Hall–Kier alpha value is -2.02. The molecule has 4 nitrogen and oxygen atoms in total. The lowest BCUT2D eigenvalue weighted by molar-refractivity contribution is -0.142. The van der Waals surface area contributed by atoms with Gasteiger partial charge in [0.15, 0.2) is 0 Å². The summed E-state index contributed by atoms with van der Waals surface area (Å²) >= 11 is -0.652. The first-order valence-electron chi connectivity index (χ1n) is 6.09. The minimum Gasteiger partial charge on any atom is -0.466 e. The van der Waals surface area contributed by atoms with E-state index in [1.165, 1.54) is 6.92 Å². The lowest BCUT2D eigenvalue weighted by Gasteiger charge is -2.14. The first kappa shape index (κ1) is 19.0. The summed E-state index contributed by atoms with van der Waals surface area (Å²) in [5.74, 6) is -1.38. The SMILES string of the molecule is CCOC(=O)Cc1cc(OC(F)F)cc(SC(F)(F)F)c1C#N. The molecule has 1 aromatic rings. The van der Waals surface area contributed by atoms with Crippen molar-refractivity contribution < 1.29 is 36.2 Å². The first-order valence-corrected chi connectivity index (χ1v) is 6.91. The van der Waals surface area contributed by atoms with Crippen LogP contribution < -0.4 is 4.74 Å². The van der Waals surface area contributed by atoms with E-state index in [4.69, 9.17) is 5.26 Å². The van der Waals surface area contributed by atoms with Gasteiger partial charge in [-0.1, -0.05) is 0 Å². The monoisotopic (exact) mass is 355 g/mol. The van der Waals surface area contributed by atoms with Crippen LogP contribution >= 0.6 is 11.8 Å². The molecule has 1 rings (SSSR count). The van der Waals surface area contributed by atoms with Gasteiger partial charge in [0, 0.05) is 4.90 Å². The van der Waals surface area contributed by atoms with Crippen LogP contribution in [0.1, 0.15) is 18.1 Å². The van der Waals surface area contributed by atoms with Crippen molar-refractivity contribution in [3.8, 4) is 11.8 Å². The van der Waals surface area contributed by atoms with Gasteiger partial charge < -0.3 is 9.47 Å². The maximum absolute atomic E-state index is 12.5. The zero-order chi connectivity index (χ0) is 17.6. The van der Waals surface area contributed by atoms with E-state index >= 15 is 0 Å². The molecule has 0 heterocycles. The summed E-state index contributed by atoms with van der Waals surface area (Å²) in [7, 11) is 0. The Kier molecular flexibility index (Phi) is 6.62. The summed E-state index contributed by atoms with van der Waals surface area (Å²) in [6.45, 7) is -1.72. The van der Waals surface area contributed by atoms with E-state index in [-0.39, 0.29) is 12.2 Å². The fraction of sp³-hybridized carbons (Fsp3) is 0.385. The van der Waals surface area contributed by atoms with Gasteiger partial charge in [0.2, 0.25) is 0 Å². The summed E-state index contributed by atoms with van der Waals surface area (Å²) in [6.07, 6.45) is -0.539. The number of alkyl halides is 5. The fourth-order valence-corrected chi connectivity index (χ4v) is 2.36. The lowest BCUT2D eigenvalue weighted by Crippen LogP contribution is -2.11. The van der Waals surface area contributed by atoms with Crippen LogP contribution in [0.15, 0.2) is 17.0 Å². The second-order valence-electron chi connectivity index (χ2n) is 3.98. The van der Waals surface area contributed by atoms with Gasteiger partial charge in [0.05, 0.1) is 18.6 Å². The molecule has 0 aliphatic heterocycles. The molecule has 0 amide bonds. The van der Waals surface area contributed by atoms with Crippen LogP contribution in [0.3, 0.4) is 0 Å². The first-order chi connectivity index (χ1) is 10.7. The number of hydrogen-bond donors (Lipinski definition) is 0. The molecule has 0 fully saturated rings. The maximum Gasteiger partial charge on any atom is 0.446 e. The lowest BCUT2D eigenvalue weighted by atomic mass is 10.0. The molecule has 1 aromatic carbocycles. The summed E-state index contributed by atoms with van der Waals surface area (Å²) in [4.78, 5) is 10.8. The topological polar surface area (TPSA) is 59.3 Å². The number of thioether (sulfide) groups is 1. The van der Waals surface area contributed by atoms with Gasteiger partial charge in [-0.2, -0.15) is 27.2 Å². The molecule has 0 bridgehead atoms. The molecule has 0 spiro atoms. The molecule has 0 unspecified atom stereocenters. The Labute approximate surface area is 132 Å². The highest BCUT2D eigenvalue weighted by Crippen LogP contribution is 2.41. The second-order valence-corrected chi connectivity index (χ2v) is 5.08. The van der Waals surface area contributed by atoms with Crippen molar-refractivity contribution in [3.63, 3.8) is 0 Å². The van der Waals surface area contributed by atoms with Gasteiger partial charge in [-0.25, -0.2) is 0 Å². The van der Waals surface area contributed by atoms with E-state index in [0.29, 0.717) is 6.07 Å². The van der Waals surface area contributed by atoms with E-state index in [2.05, 4.69) is 9.47 Å². The summed E-state index contributed by atoms with van der Waals surface area (Å²) in [5, 5.41) is 9.04. The van der Waals surface area contributed by atoms with Crippen LogP contribution in [0.25, 0.3) is 0 Å². The van der Waals surface area contributed by atoms with Gasteiger partial charge in [0.1, 0.15) is 11.8 Å². The number of hydrogen-bond acceptors (Lipinski definition) is 5. The van der Waals surface area contributed by atoms with Crippen molar-refractivity contribution in [2.75, 3.05) is 6.61 Å². The molecule has 0 saturated heterocycles. The van der Waals surface area contributed by atoms with Gasteiger partial charge in [-0.3, -0.25) is 4.79 Å². The quantitative estimate of drug-likeness (QED) is 0.440. The molecule has 0 aliphatic carbocycles. The van der Waals surface area contributed by atoms with Crippen LogP contribution in [0.5, 0.6) is 5.75 Å². The molecule has 10 heteroatoms. The average molecular weight is 355 g/mol. The Morgan fingerprint density at radius 2 is 2.04 bits per heavy atom. The number of ether oxygens (including phenoxy) is 2. The van der Waals surface area contributed by atoms with E-state index in [1.54, 1.807) is 6.07 Å². The zero-order valence-electron chi connectivity index (χ0n) is 11.6. The van der Waals surface area contributed by atoms with Crippen LogP contribution in [-0.2, 0) is 16.0 Å². The second kappa shape index (κ2) is 8.01. The van der Waals surface area contributed by atoms with Crippen molar-refractivity contribution in [2.24, 2.45) is 0 Å². The van der Waals surface area contributed by atoms with E-state index in [1.807, 2.05) is 0 Å². The van der Waals surface area contributed by atoms with Gasteiger partial charge >= 0.3 is 18.1 Å². The van der Waals surface area contributed by atoms with Gasteiger partial charge in [-0.15, -0.1) is 0 Å². The molecule has 0 aliphatic rings. The normalized spacial score (nSPS) is 11.2. The number of nitrogens with zero attached hydrogens (tertiary/aromatic N) is 1. The van der Waals surface area contributed by atoms with Gasteiger partial charge in [0.25, 0.3) is 0 Å². The number of rotatable bonds is 6. The average Bonchev–Trinajstić information content (AvgIpc) is 2.36. The number of nitriles is 1. The minimum absolute atomic E-state index is 0.0259. The molecule has 0 aromatic heterocycles. The highest BCUT2D eigenvalue weighted by Gasteiger charge is 2.32. The van der Waals surface area contributed by atoms with Crippen molar-refractivity contribution in [2.45, 2.75) is 30.4 Å². The van der Waals surface area contributed by atoms with Crippen LogP contribution in [0.4, 0.5) is 22.0 Å². The molecule has 0 atom stereocenters. The third-order valence-corrected chi connectivity index (χ3v) is 3.13. The Morgan fingerprint density at radius 3 is 2.52 bits per heavy atom. The molecular formula is C13H10F5NO3S. The minimum atomic E-state index is -4.74. The summed E-state index contributed by atoms with van der Waals surface area (Å²) in [6, 6.07) is 3.14. The van der Waals surface area contributed by atoms with Gasteiger partial charge in [-0.05, 0) is 36.4 Å². The smallest absolute Gasteiger partial charge is 0.446 e. The molecule has 0 saturated carbocycles. The van der Waals surface area contributed by atoms with E-state index in [9.17, 15) is 26.7 Å². The van der Waals surface area contributed by atoms with E-state index < -0.39 is 52.5 Å². The zero-order valence-corrected chi connectivity index (χ0v) is 12.4. The Bertz CT molecular complexity index is 613. The highest BCUT2D eigenvalue weighted by molar-refractivity contribution is 8.00. The maximum atomic E-state index is 12.5. The van der Waals surface area contributed by atoms with Crippen LogP contribution in [-0.4, -0.2) is 24.7 Å². The predicted molar refractivity (Wildman–Crippen MR) is 70.0 cm³/mol. The predicted octanol–water partition coefficient (Wildman–Crippen LogP) is 3.88. The van der Waals surface area contributed by atoms with Crippen molar-refractivity contribution in [1.29, 1.82) is 5.26 Å². The molecule has 23 heavy (non-hydrogen) atoms. The number of esters is 1. The largest absolute Gasteiger partial charge is 0.466 e. The summed E-state index contributed by atoms with van der Waals surface area (Å²) < 4.78 is 70.9. The number of carbonyl (C=O) groups excluding carboxylic acids is 1. The Morgan fingerprint density at radius 1 is 1.39 bits per heavy atom. The highest BCUT2D eigenvalue weighted by atomic mass is 32.2. The third-order valence-electron chi connectivity index (χ3n) is 2.36.